The van der Waals surface area contributed by atoms with Crippen LogP contribution in [-0.2, 0) is 23.0 Å². The summed E-state index contributed by atoms with van der Waals surface area (Å²) in [5.41, 5.74) is 4.79. The van der Waals surface area contributed by atoms with Gasteiger partial charge >= 0.3 is 12.1 Å². The number of hydrazine groups is 1. The minimum Gasteiger partial charge on any atom is -0.464 e. The number of amidine groups is 1. The zero-order valence-corrected chi connectivity index (χ0v) is 23.3. The van der Waals surface area contributed by atoms with Crippen LogP contribution in [0, 0.1) is 0 Å². The molecule has 12 nitrogen and oxygen atoms in total. The summed E-state index contributed by atoms with van der Waals surface area (Å²) in [7, 11) is 0.963. The van der Waals surface area contributed by atoms with E-state index in [0.717, 1.165) is 11.1 Å². The Hall–Kier alpha value is -3.58. The van der Waals surface area contributed by atoms with E-state index in [-0.39, 0.29) is 29.6 Å². The highest BCUT2D eigenvalue weighted by Crippen LogP contribution is 2.45. The maximum absolute atomic E-state index is 13.7. The lowest BCUT2D eigenvalue weighted by Gasteiger charge is -2.37. The number of nitrogens with zero attached hydrogens (tertiary/aromatic N) is 6. The summed E-state index contributed by atoms with van der Waals surface area (Å²) in [6.45, 7) is 10.9. The number of carbonyl (C=O) groups excluding carboxylic acids is 1. The topological polar surface area (TPSA) is 125 Å². The normalized spacial score (nSPS) is 19.6. The number of likely N-dealkylation sites (N-methyl/N-ethyl adjacent to an activating group) is 1. The first kappa shape index (κ1) is 26.5. The number of hydroxylamine groups is 2. The van der Waals surface area contributed by atoms with Gasteiger partial charge in [-0.05, 0) is 23.7 Å². The third kappa shape index (κ3) is 5.00. The van der Waals surface area contributed by atoms with Crippen LogP contribution in [0.25, 0.3) is 0 Å². The molecule has 0 spiro atoms. The number of urea groups is 1. The van der Waals surface area contributed by atoms with Crippen molar-refractivity contribution in [1.29, 1.82) is 0 Å². The Kier molecular flexibility index (Phi) is 6.95. The van der Waals surface area contributed by atoms with Crippen molar-refractivity contribution in [3.05, 3.63) is 53.3 Å². The highest BCUT2D eigenvalue weighted by Gasteiger charge is 2.53. The lowest BCUT2D eigenvalue weighted by atomic mass is 9.97. The molecule has 2 aliphatic rings. The summed E-state index contributed by atoms with van der Waals surface area (Å²) in [6.07, 6.45) is 0.459. The Bertz CT molecular complexity index is 1190. The van der Waals surface area contributed by atoms with Crippen molar-refractivity contribution in [2.24, 2.45) is 12.2 Å². The number of benzene rings is 1. The molecule has 0 radical (unpaired) electrons. The van der Waals surface area contributed by atoms with Gasteiger partial charge in [-0.2, -0.15) is 10.2 Å². The third-order valence-corrected chi connectivity index (χ3v) is 11.4. The van der Waals surface area contributed by atoms with Gasteiger partial charge in [-0.25, -0.2) is 15.0 Å². The van der Waals surface area contributed by atoms with E-state index >= 15 is 0 Å². The van der Waals surface area contributed by atoms with Gasteiger partial charge in [-0.1, -0.05) is 56.3 Å². The predicted octanol–water partition coefficient (Wildman–Crippen LogP) is 3.84. The van der Waals surface area contributed by atoms with Crippen molar-refractivity contribution in [2.75, 3.05) is 13.6 Å². The molecule has 2 aromatic rings. The van der Waals surface area contributed by atoms with E-state index in [1.807, 2.05) is 43.4 Å². The Morgan fingerprint density at radius 1 is 1.30 bits per heavy atom. The number of amides is 3. The van der Waals surface area contributed by atoms with Crippen molar-refractivity contribution < 1.29 is 24.1 Å². The molecule has 37 heavy (non-hydrogen) atoms. The lowest BCUT2D eigenvalue weighted by molar-refractivity contribution is -0.141. The van der Waals surface area contributed by atoms with Crippen molar-refractivity contribution >= 4 is 26.3 Å². The van der Waals surface area contributed by atoms with Crippen LogP contribution >= 0.6 is 0 Å². The first-order valence-electron chi connectivity index (χ1n) is 12.1. The van der Waals surface area contributed by atoms with Crippen molar-refractivity contribution in [1.82, 2.24) is 30.2 Å². The van der Waals surface area contributed by atoms with Gasteiger partial charge < -0.3 is 14.5 Å². The van der Waals surface area contributed by atoms with Crippen molar-refractivity contribution in [3.8, 4) is 0 Å². The van der Waals surface area contributed by atoms with E-state index in [0.29, 0.717) is 12.2 Å². The smallest absolute Gasteiger partial charge is 0.423 e. The maximum atomic E-state index is 13.7. The molecule has 0 saturated carbocycles. The van der Waals surface area contributed by atoms with Gasteiger partial charge in [0.1, 0.15) is 18.7 Å². The summed E-state index contributed by atoms with van der Waals surface area (Å²) in [5, 5.41) is 20.9. The van der Waals surface area contributed by atoms with Gasteiger partial charge in [0.25, 0.3) is 8.32 Å². The Morgan fingerprint density at radius 3 is 2.59 bits per heavy atom. The summed E-state index contributed by atoms with van der Waals surface area (Å²) in [4.78, 5) is 32.8. The van der Waals surface area contributed by atoms with Gasteiger partial charge in [0.05, 0.1) is 18.4 Å². The zero-order chi connectivity index (χ0) is 27.1. The van der Waals surface area contributed by atoms with Gasteiger partial charge in [0.2, 0.25) is 0 Å². The van der Waals surface area contributed by atoms with Gasteiger partial charge in [-0.15, -0.1) is 0 Å². The largest absolute Gasteiger partial charge is 0.464 e. The molecule has 2 bridgehead atoms. The lowest BCUT2D eigenvalue weighted by Crippen LogP contribution is -2.51. The number of aromatic nitrogens is 2. The van der Waals surface area contributed by atoms with Crippen LogP contribution in [0.5, 0.6) is 0 Å². The fraction of sp³-hybridized carbons (Fsp3) is 0.500. The highest BCUT2D eigenvalue weighted by molar-refractivity contribution is 6.74. The molecule has 2 N–H and O–H groups in total. The molecule has 13 heteroatoms. The number of nitrogens with one attached hydrogen (secondary N) is 1. The molecule has 1 saturated heterocycles. The molecular weight excluding hydrogens is 494 g/mol. The second-order valence-electron chi connectivity index (χ2n) is 10.8. The molecule has 3 amide bonds. The molecule has 1 aromatic heterocycles. The maximum Gasteiger partial charge on any atom is 0.423 e. The predicted molar refractivity (Wildman–Crippen MR) is 139 cm³/mol. The molecule has 1 aromatic carbocycles. The average Bonchev–Trinajstić information content (AvgIpc) is 3.32. The van der Waals surface area contributed by atoms with Gasteiger partial charge in [0.15, 0.2) is 5.84 Å². The second-order valence-corrected chi connectivity index (χ2v) is 15.5. The molecule has 0 unspecified atom stereocenters. The molecular formula is C24H35N7O5Si. The van der Waals surface area contributed by atoms with E-state index in [2.05, 4.69) is 36.5 Å². The van der Waals surface area contributed by atoms with Crippen LogP contribution in [0.2, 0.25) is 18.1 Å². The van der Waals surface area contributed by atoms with E-state index in [1.54, 1.807) is 22.8 Å². The average molecular weight is 530 g/mol. The number of oxime groups is 1. The summed E-state index contributed by atoms with van der Waals surface area (Å²) in [6, 6.07) is 8.15. The second kappa shape index (κ2) is 9.71. The molecule has 1 fully saturated rings. The summed E-state index contributed by atoms with van der Waals surface area (Å²) < 4.78 is 7.84. The Balaban J connectivity index is 1.73. The summed E-state index contributed by atoms with van der Waals surface area (Å²) >= 11 is 0. The van der Waals surface area contributed by atoms with E-state index < -0.39 is 20.5 Å². The van der Waals surface area contributed by atoms with Crippen molar-refractivity contribution in [2.45, 2.75) is 57.6 Å². The highest BCUT2D eigenvalue weighted by atomic mass is 28.4. The van der Waals surface area contributed by atoms with Gasteiger partial charge in [-0.3, -0.25) is 14.5 Å². The molecule has 4 rings (SSSR count). The number of hydrogen-bond acceptors (Lipinski definition) is 6. The molecule has 3 heterocycles. The van der Waals surface area contributed by atoms with Crippen LogP contribution in [-0.4, -0.2) is 69.7 Å². The SMILES string of the molecule is CN(NC(=O)O)/C(=N\O[Si](C)(C)C(C)(C)C)[C@@H]1c2c(cnn2C)[C@@H]2CN1C(=O)N2OCc1ccccc1. The number of fused-ring (bicyclic) bond motifs is 4. The standard InChI is InChI=1S/C24H35N7O5Si/c1-24(2,3)37(6,7)36-27-21(29(5)26-22(32)33)20-19-17(13-25-28(19)4)18-14-30(20)23(34)31(18)35-15-16-11-9-8-10-12-16/h8-13,18,20,26H,14-15H2,1-7H3,(H,32,33)/b27-21-/t18-,20-/m0/s1. The van der Waals surface area contributed by atoms with E-state index in [9.17, 15) is 14.7 Å². The van der Waals surface area contributed by atoms with Crippen LogP contribution in [0.3, 0.4) is 0 Å². The van der Waals surface area contributed by atoms with E-state index in [4.69, 9.17) is 9.36 Å². The fourth-order valence-corrected chi connectivity index (χ4v) is 4.76. The number of carbonyl (C=O) groups is 2. The van der Waals surface area contributed by atoms with Gasteiger partial charge in [0, 0.05) is 19.7 Å². The summed E-state index contributed by atoms with van der Waals surface area (Å²) in [5.74, 6) is 0.230. The van der Waals surface area contributed by atoms with Crippen LogP contribution in [0.4, 0.5) is 9.59 Å². The first-order valence-corrected chi connectivity index (χ1v) is 15.0. The third-order valence-electron chi connectivity index (χ3n) is 7.27. The van der Waals surface area contributed by atoms with Crippen LogP contribution < -0.4 is 5.43 Å². The molecule has 2 aliphatic heterocycles. The molecule has 0 aliphatic carbocycles. The minimum absolute atomic E-state index is 0.138. The van der Waals surface area contributed by atoms with Crippen LogP contribution in [0.1, 0.15) is 49.7 Å². The van der Waals surface area contributed by atoms with Crippen molar-refractivity contribution in [3.63, 3.8) is 0 Å². The fourth-order valence-electron chi connectivity index (χ4n) is 4.16. The van der Waals surface area contributed by atoms with E-state index in [1.165, 1.54) is 17.1 Å². The number of carboxylic acid groups (broad SMARTS) is 1. The molecule has 2 atom stereocenters. The quantitative estimate of drug-likeness (QED) is 0.252. The number of rotatable bonds is 6. The first-order chi connectivity index (χ1) is 17.3. The molecule has 200 valence electrons. The minimum atomic E-state index is -2.36. The Labute approximate surface area is 217 Å². The Morgan fingerprint density at radius 2 is 1.97 bits per heavy atom. The van der Waals surface area contributed by atoms with Crippen LogP contribution in [0.15, 0.2) is 41.7 Å². The monoisotopic (exact) mass is 529 g/mol. The zero-order valence-electron chi connectivity index (χ0n) is 22.3. The number of aryl methyl sites for hydroxylation is 1. The number of hydrogen-bond donors (Lipinski definition) is 2.